The Bertz CT molecular complexity index is 179. The first-order valence-corrected chi connectivity index (χ1v) is 5.25. The number of hydrogen-bond donors (Lipinski definition) is 2. The van der Waals surface area contributed by atoms with E-state index in [1.807, 2.05) is 0 Å². The van der Waals surface area contributed by atoms with E-state index in [1.54, 1.807) is 0 Å². The monoisotopic (exact) mass is 200 g/mol. The first-order chi connectivity index (χ1) is 6.70. The topological polar surface area (TPSA) is 50.4 Å². The van der Waals surface area contributed by atoms with Gasteiger partial charge >= 0.3 is 0 Å². The standard InChI is InChI=1S/C10H20N2O2/c1-8(10-3-6-14-7-10)11-4-5-12-9(2)13/h8,10-11H,3-7H2,1-2H3,(H,12,13). The van der Waals surface area contributed by atoms with Crippen LogP contribution in [-0.4, -0.2) is 38.3 Å². The van der Waals surface area contributed by atoms with Gasteiger partial charge in [-0.05, 0) is 19.3 Å². The van der Waals surface area contributed by atoms with Gasteiger partial charge in [0, 0.05) is 32.7 Å². The van der Waals surface area contributed by atoms with Crippen LogP contribution in [0.5, 0.6) is 0 Å². The average molecular weight is 200 g/mol. The number of ether oxygens (including phenoxy) is 1. The van der Waals surface area contributed by atoms with Crippen molar-refractivity contribution in [2.75, 3.05) is 26.3 Å². The van der Waals surface area contributed by atoms with E-state index in [1.165, 1.54) is 6.92 Å². The summed E-state index contributed by atoms with van der Waals surface area (Å²) in [4.78, 5) is 10.6. The smallest absolute Gasteiger partial charge is 0.216 e. The summed E-state index contributed by atoms with van der Waals surface area (Å²) >= 11 is 0. The van der Waals surface area contributed by atoms with Crippen molar-refractivity contribution in [2.24, 2.45) is 5.92 Å². The fourth-order valence-electron chi connectivity index (χ4n) is 1.65. The molecule has 1 fully saturated rings. The fraction of sp³-hybridized carbons (Fsp3) is 0.900. The second-order valence-corrected chi connectivity index (χ2v) is 3.85. The third-order valence-corrected chi connectivity index (χ3v) is 2.64. The van der Waals surface area contributed by atoms with E-state index >= 15 is 0 Å². The summed E-state index contributed by atoms with van der Waals surface area (Å²) in [6.45, 7) is 7.00. The maximum atomic E-state index is 10.6. The van der Waals surface area contributed by atoms with Crippen molar-refractivity contribution in [2.45, 2.75) is 26.3 Å². The molecule has 82 valence electrons. The maximum absolute atomic E-state index is 10.6. The molecule has 0 bridgehead atoms. The molecule has 0 aromatic heterocycles. The minimum absolute atomic E-state index is 0.0312. The Hall–Kier alpha value is -0.610. The molecule has 1 rings (SSSR count). The second-order valence-electron chi connectivity index (χ2n) is 3.85. The molecule has 1 heterocycles. The van der Waals surface area contributed by atoms with Crippen LogP contribution in [0.3, 0.4) is 0 Å². The van der Waals surface area contributed by atoms with E-state index in [4.69, 9.17) is 4.74 Å². The van der Waals surface area contributed by atoms with Crippen molar-refractivity contribution in [3.8, 4) is 0 Å². The molecule has 2 unspecified atom stereocenters. The number of carbonyl (C=O) groups excluding carboxylic acids is 1. The molecule has 2 atom stereocenters. The van der Waals surface area contributed by atoms with Crippen molar-refractivity contribution in [1.29, 1.82) is 0 Å². The Labute approximate surface area is 85.4 Å². The molecule has 0 aromatic carbocycles. The van der Waals surface area contributed by atoms with Gasteiger partial charge in [-0.1, -0.05) is 0 Å². The van der Waals surface area contributed by atoms with Gasteiger partial charge in [0.25, 0.3) is 0 Å². The van der Waals surface area contributed by atoms with Crippen molar-refractivity contribution in [1.82, 2.24) is 10.6 Å². The molecule has 0 aliphatic carbocycles. The maximum Gasteiger partial charge on any atom is 0.216 e. The fourth-order valence-corrected chi connectivity index (χ4v) is 1.65. The molecule has 1 amide bonds. The van der Waals surface area contributed by atoms with Crippen molar-refractivity contribution in [3.05, 3.63) is 0 Å². The lowest BCUT2D eigenvalue weighted by molar-refractivity contribution is -0.118. The molecule has 4 heteroatoms. The van der Waals surface area contributed by atoms with Gasteiger partial charge in [-0.2, -0.15) is 0 Å². The summed E-state index contributed by atoms with van der Waals surface area (Å²) in [6.07, 6.45) is 1.15. The summed E-state index contributed by atoms with van der Waals surface area (Å²) in [5.41, 5.74) is 0. The highest BCUT2D eigenvalue weighted by atomic mass is 16.5. The lowest BCUT2D eigenvalue weighted by Gasteiger charge is -2.19. The summed E-state index contributed by atoms with van der Waals surface area (Å²) in [6, 6.07) is 0.478. The summed E-state index contributed by atoms with van der Waals surface area (Å²) < 4.78 is 5.31. The molecule has 1 aliphatic heterocycles. The van der Waals surface area contributed by atoms with Crippen LogP contribution in [0, 0.1) is 5.92 Å². The van der Waals surface area contributed by atoms with Crippen LogP contribution < -0.4 is 10.6 Å². The normalized spacial score (nSPS) is 23.4. The largest absolute Gasteiger partial charge is 0.381 e. The first-order valence-electron chi connectivity index (χ1n) is 5.25. The zero-order valence-corrected chi connectivity index (χ0v) is 9.01. The Kier molecular flexibility index (Phi) is 4.90. The zero-order chi connectivity index (χ0) is 10.4. The van der Waals surface area contributed by atoms with Crippen LogP contribution in [0.2, 0.25) is 0 Å². The van der Waals surface area contributed by atoms with Crippen LogP contribution in [0.1, 0.15) is 20.3 Å². The van der Waals surface area contributed by atoms with Gasteiger partial charge in [-0.15, -0.1) is 0 Å². The highest BCUT2D eigenvalue weighted by Crippen LogP contribution is 2.15. The zero-order valence-electron chi connectivity index (χ0n) is 9.01. The molecule has 1 aliphatic rings. The third-order valence-electron chi connectivity index (χ3n) is 2.64. The number of amides is 1. The summed E-state index contributed by atoms with van der Waals surface area (Å²) in [5, 5.41) is 6.14. The predicted molar refractivity (Wildman–Crippen MR) is 55.1 cm³/mol. The summed E-state index contributed by atoms with van der Waals surface area (Å²) in [5.74, 6) is 0.663. The second kappa shape index (κ2) is 5.98. The number of carbonyl (C=O) groups is 1. The Balaban J connectivity index is 2.02. The highest BCUT2D eigenvalue weighted by Gasteiger charge is 2.21. The van der Waals surface area contributed by atoms with E-state index in [9.17, 15) is 4.79 Å². The van der Waals surface area contributed by atoms with E-state index < -0.39 is 0 Å². The first kappa shape index (κ1) is 11.5. The number of hydrogen-bond acceptors (Lipinski definition) is 3. The molecule has 0 saturated carbocycles. The summed E-state index contributed by atoms with van der Waals surface area (Å²) in [7, 11) is 0. The van der Waals surface area contributed by atoms with Gasteiger partial charge in [0.15, 0.2) is 0 Å². The quantitative estimate of drug-likeness (QED) is 0.621. The van der Waals surface area contributed by atoms with Gasteiger partial charge in [0.1, 0.15) is 0 Å². The molecule has 14 heavy (non-hydrogen) atoms. The van der Waals surface area contributed by atoms with E-state index in [0.717, 1.165) is 26.2 Å². The minimum atomic E-state index is 0.0312. The van der Waals surface area contributed by atoms with Gasteiger partial charge in [0.2, 0.25) is 5.91 Å². The van der Waals surface area contributed by atoms with Crippen LogP contribution in [0.25, 0.3) is 0 Å². The minimum Gasteiger partial charge on any atom is -0.381 e. The van der Waals surface area contributed by atoms with Crippen molar-refractivity contribution >= 4 is 5.91 Å². The highest BCUT2D eigenvalue weighted by molar-refractivity contribution is 5.72. The molecule has 2 N–H and O–H groups in total. The van der Waals surface area contributed by atoms with Crippen LogP contribution in [0.4, 0.5) is 0 Å². The molecule has 0 spiro atoms. The molecule has 1 saturated heterocycles. The van der Waals surface area contributed by atoms with Crippen LogP contribution >= 0.6 is 0 Å². The number of rotatable bonds is 5. The lowest BCUT2D eigenvalue weighted by Crippen LogP contribution is -2.39. The van der Waals surface area contributed by atoms with E-state index in [0.29, 0.717) is 18.5 Å². The molecule has 4 nitrogen and oxygen atoms in total. The SMILES string of the molecule is CC(=O)NCCNC(C)C1CCOC1. The van der Waals surface area contributed by atoms with Crippen molar-refractivity contribution in [3.63, 3.8) is 0 Å². The van der Waals surface area contributed by atoms with Crippen LogP contribution in [0.15, 0.2) is 0 Å². The van der Waals surface area contributed by atoms with Gasteiger partial charge in [-0.3, -0.25) is 4.79 Å². The molecule has 0 radical (unpaired) electrons. The molecular weight excluding hydrogens is 180 g/mol. The van der Waals surface area contributed by atoms with E-state index in [2.05, 4.69) is 17.6 Å². The Morgan fingerprint density at radius 2 is 2.36 bits per heavy atom. The predicted octanol–water partition coefficient (Wildman–Crippen LogP) is 0.137. The van der Waals surface area contributed by atoms with Crippen LogP contribution in [-0.2, 0) is 9.53 Å². The average Bonchev–Trinajstić information content (AvgIpc) is 2.64. The Morgan fingerprint density at radius 3 is 2.93 bits per heavy atom. The van der Waals surface area contributed by atoms with Gasteiger partial charge < -0.3 is 15.4 Å². The molecule has 0 aromatic rings. The Morgan fingerprint density at radius 1 is 1.57 bits per heavy atom. The van der Waals surface area contributed by atoms with Gasteiger partial charge in [0.05, 0.1) is 6.61 Å². The van der Waals surface area contributed by atoms with E-state index in [-0.39, 0.29) is 5.91 Å². The van der Waals surface area contributed by atoms with Crippen molar-refractivity contribution < 1.29 is 9.53 Å². The number of nitrogens with one attached hydrogen (secondary N) is 2. The van der Waals surface area contributed by atoms with Gasteiger partial charge in [-0.25, -0.2) is 0 Å². The molecular formula is C10H20N2O2. The lowest BCUT2D eigenvalue weighted by atomic mass is 10.0. The third kappa shape index (κ3) is 4.07.